The highest BCUT2D eigenvalue weighted by Crippen LogP contribution is 2.37. The molecule has 2 aromatic heterocycles. The lowest BCUT2D eigenvalue weighted by atomic mass is 10.2. The molecule has 0 aliphatic carbocycles. The van der Waals surface area contributed by atoms with E-state index in [2.05, 4.69) is 60.1 Å². The second-order valence-electron chi connectivity index (χ2n) is 11.1. The van der Waals surface area contributed by atoms with Crippen molar-refractivity contribution in [1.29, 1.82) is 0 Å². The molecule has 0 spiro atoms. The number of hydrogen-bond donors (Lipinski definition) is 1. The molecular formula is C26H40N6O2Si. The zero-order valence-electron chi connectivity index (χ0n) is 22.2. The molecule has 3 heterocycles. The summed E-state index contributed by atoms with van der Waals surface area (Å²) < 4.78 is 8.76. The van der Waals surface area contributed by atoms with Crippen molar-refractivity contribution in [3.63, 3.8) is 0 Å². The molecule has 1 N–H and O–H groups in total. The third-order valence-electron chi connectivity index (χ3n) is 7.67. The van der Waals surface area contributed by atoms with Crippen molar-refractivity contribution in [1.82, 2.24) is 19.5 Å². The summed E-state index contributed by atoms with van der Waals surface area (Å²) in [6, 6.07) is 7.59. The van der Waals surface area contributed by atoms with Gasteiger partial charge in [-0.2, -0.15) is 4.98 Å². The Bertz CT molecular complexity index is 1150. The van der Waals surface area contributed by atoms with Gasteiger partial charge in [-0.25, -0.2) is 9.97 Å². The molecule has 190 valence electrons. The van der Waals surface area contributed by atoms with E-state index in [-0.39, 0.29) is 11.1 Å². The molecule has 1 unspecified atom stereocenters. The summed E-state index contributed by atoms with van der Waals surface area (Å²) in [5, 5.41) is 9.75. The van der Waals surface area contributed by atoms with Crippen molar-refractivity contribution >= 4 is 31.1 Å². The minimum absolute atomic E-state index is 0.177. The maximum absolute atomic E-state index is 9.57. The van der Waals surface area contributed by atoms with E-state index in [9.17, 15) is 5.11 Å². The number of fused-ring (bicyclic) bond motifs is 1. The van der Waals surface area contributed by atoms with E-state index in [1.807, 2.05) is 25.4 Å². The SMILES string of the molecule is CCC(CO[Si](C)(C)C(C)(C)C)n1cnc2c(C)nc(N3CCN(c4ccc(O)cc4)CC3)nc21. The van der Waals surface area contributed by atoms with Crippen molar-refractivity contribution in [3.05, 3.63) is 36.3 Å². The lowest BCUT2D eigenvalue weighted by Crippen LogP contribution is -2.47. The van der Waals surface area contributed by atoms with Crippen molar-refractivity contribution in [2.75, 3.05) is 42.6 Å². The largest absolute Gasteiger partial charge is 0.508 e. The van der Waals surface area contributed by atoms with E-state index >= 15 is 0 Å². The number of nitrogens with zero attached hydrogens (tertiary/aromatic N) is 6. The van der Waals surface area contributed by atoms with Crippen LogP contribution in [0.15, 0.2) is 30.6 Å². The molecule has 35 heavy (non-hydrogen) atoms. The highest BCUT2D eigenvalue weighted by molar-refractivity contribution is 6.74. The van der Waals surface area contributed by atoms with Crippen LogP contribution in [0, 0.1) is 6.92 Å². The molecule has 4 rings (SSSR count). The molecule has 1 aliphatic rings. The Balaban J connectivity index is 1.53. The third kappa shape index (κ3) is 5.30. The van der Waals surface area contributed by atoms with Crippen LogP contribution in [0.2, 0.25) is 18.1 Å². The first-order chi connectivity index (χ1) is 16.5. The van der Waals surface area contributed by atoms with Crippen molar-refractivity contribution < 1.29 is 9.53 Å². The predicted molar refractivity (Wildman–Crippen MR) is 145 cm³/mol. The number of aromatic nitrogens is 4. The summed E-state index contributed by atoms with van der Waals surface area (Å²) in [6.07, 6.45) is 2.85. The lowest BCUT2D eigenvalue weighted by Gasteiger charge is -2.37. The third-order valence-corrected chi connectivity index (χ3v) is 12.2. The molecule has 1 saturated heterocycles. The molecule has 9 heteroatoms. The van der Waals surface area contributed by atoms with Crippen LogP contribution >= 0.6 is 0 Å². The van der Waals surface area contributed by atoms with E-state index < -0.39 is 8.32 Å². The average molecular weight is 497 g/mol. The topological polar surface area (TPSA) is 79.5 Å². The van der Waals surface area contributed by atoms with Gasteiger partial charge in [-0.1, -0.05) is 27.7 Å². The number of aromatic hydroxyl groups is 1. The molecule has 0 bridgehead atoms. The van der Waals surface area contributed by atoms with Crippen LogP contribution < -0.4 is 9.80 Å². The van der Waals surface area contributed by atoms with E-state index in [0.29, 0.717) is 12.4 Å². The maximum atomic E-state index is 9.57. The summed E-state index contributed by atoms with van der Waals surface area (Å²) >= 11 is 0. The Morgan fingerprint density at radius 3 is 2.26 bits per heavy atom. The summed E-state index contributed by atoms with van der Waals surface area (Å²) in [7, 11) is -1.84. The monoisotopic (exact) mass is 496 g/mol. The number of aryl methyl sites for hydroxylation is 1. The fourth-order valence-corrected chi connectivity index (χ4v) is 5.24. The fraction of sp³-hybridized carbons (Fsp3) is 0.577. The second-order valence-corrected chi connectivity index (χ2v) is 15.9. The van der Waals surface area contributed by atoms with Gasteiger partial charge in [0.15, 0.2) is 14.0 Å². The van der Waals surface area contributed by atoms with Crippen LogP contribution in [0.3, 0.4) is 0 Å². The van der Waals surface area contributed by atoms with Crippen molar-refractivity contribution in [2.24, 2.45) is 0 Å². The molecular weight excluding hydrogens is 456 g/mol. The van der Waals surface area contributed by atoms with Gasteiger partial charge in [-0.15, -0.1) is 0 Å². The Kier molecular flexibility index (Phi) is 7.10. The van der Waals surface area contributed by atoms with Gasteiger partial charge in [-0.05, 0) is 55.7 Å². The first-order valence-corrected chi connectivity index (χ1v) is 15.5. The Morgan fingerprint density at radius 1 is 1.03 bits per heavy atom. The van der Waals surface area contributed by atoms with Gasteiger partial charge < -0.3 is 23.9 Å². The Morgan fingerprint density at radius 2 is 1.66 bits per heavy atom. The lowest BCUT2D eigenvalue weighted by molar-refractivity contribution is 0.227. The minimum atomic E-state index is -1.84. The molecule has 1 aromatic carbocycles. The highest BCUT2D eigenvalue weighted by Gasteiger charge is 2.37. The standard InChI is InChI=1S/C26H40N6O2Si/c1-8-20(17-34-35(6,7)26(3,4)5)32-18-27-23-19(2)28-25(29-24(23)32)31-15-13-30(14-16-31)21-9-11-22(33)12-10-21/h9-12,18,20,33H,8,13-17H2,1-7H3. The van der Waals surface area contributed by atoms with Gasteiger partial charge >= 0.3 is 0 Å². The summed E-state index contributed by atoms with van der Waals surface area (Å²) in [5.41, 5.74) is 3.78. The van der Waals surface area contributed by atoms with Gasteiger partial charge in [0.2, 0.25) is 5.95 Å². The van der Waals surface area contributed by atoms with Crippen LogP contribution in [-0.4, -0.2) is 65.7 Å². The number of imidazole rings is 1. The van der Waals surface area contributed by atoms with E-state index in [4.69, 9.17) is 14.4 Å². The van der Waals surface area contributed by atoms with Gasteiger partial charge in [-0.3, -0.25) is 0 Å². The maximum Gasteiger partial charge on any atom is 0.227 e. The van der Waals surface area contributed by atoms with Gasteiger partial charge in [0.05, 0.1) is 24.7 Å². The normalized spacial score (nSPS) is 16.2. The number of rotatable bonds is 7. The molecule has 0 radical (unpaired) electrons. The van der Waals surface area contributed by atoms with Crippen LogP contribution in [0.4, 0.5) is 11.6 Å². The molecule has 1 aliphatic heterocycles. The smallest absolute Gasteiger partial charge is 0.227 e. The van der Waals surface area contributed by atoms with E-state index in [0.717, 1.165) is 61.1 Å². The van der Waals surface area contributed by atoms with Crippen molar-refractivity contribution in [3.8, 4) is 5.75 Å². The van der Waals surface area contributed by atoms with Crippen LogP contribution in [0.5, 0.6) is 5.75 Å². The first kappa shape index (κ1) is 25.4. The fourth-order valence-electron chi connectivity index (χ4n) is 4.20. The quantitative estimate of drug-likeness (QED) is 0.454. The Hall–Kier alpha value is -2.65. The van der Waals surface area contributed by atoms with Crippen molar-refractivity contribution in [2.45, 2.75) is 65.2 Å². The molecule has 8 nitrogen and oxygen atoms in total. The molecule has 1 fully saturated rings. The van der Waals surface area contributed by atoms with E-state index in [1.165, 1.54) is 0 Å². The van der Waals surface area contributed by atoms with E-state index in [1.54, 1.807) is 12.1 Å². The Labute approximate surface area is 210 Å². The zero-order chi connectivity index (χ0) is 25.4. The summed E-state index contributed by atoms with van der Waals surface area (Å²) in [6.45, 7) is 19.7. The number of phenols is 1. The average Bonchev–Trinajstić information content (AvgIpc) is 3.24. The zero-order valence-corrected chi connectivity index (χ0v) is 23.2. The number of benzene rings is 1. The van der Waals surface area contributed by atoms with Gasteiger partial charge in [0.25, 0.3) is 0 Å². The van der Waals surface area contributed by atoms with Gasteiger partial charge in [0, 0.05) is 31.9 Å². The van der Waals surface area contributed by atoms with Crippen LogP contribution in [0.25, 0.3) is 11.2 Å². The number of hydrogen-bond acceptors (Lipinski definition) is 7. The number of phenolic OH excluding ortho intramolecular Hbond substituents is 1. The minimum Gasteiger partial charge on any atom is -0.508 e. The summed E-state index contributed by atoms with van der Waals surface area (Å²) in [4.78, 5) is 19.1. The highest BCUT2D eigenvalue weighted by atomic mass is 28.4. The summed E-state index contributed by atoms with van der Waals surface area (Å²) in [5.74, 6) is 1.06. The predicted octanol–water partition coefficient (Wildman–Crippen LogP) is 5.14. The molecule has 1 atom stereocenters. The first-order valence-electron chi connectivity index (χ1n) is 12.6. The molecule has 0 amide bonds. The number of anilines is 2. The van der Waals surface area contributed by atoms with Crippen LogP contribution in [0.1, 0.15) is 45.9 Å². The van der Waals surface area contributed by atoms with Gasteiger partial charge in [0.1, 0.15) is 11.3 Å². The molecule has 0 saturated carbocycles. The number of piperazine rings is 1. The molecule has 3 aromatic rings. The second kappa shape index (κ2) is 9.77. The van der Waals surface area contributed by atoms with Crippen LogP contribution in [-0.2, 0) is 4.43 Å².